The fourth-order valence-corrected chi connectivity index (χ4v) is 3.47. The number of carbonyl (C=O) groups excluding carboxylic acids is 2. The van der Waals surface area contributed by atoms with Crippen LogP contribution >= 0.6 is 0 Å². The number of rotatable bonds is 5. The fourth-order valence-electron chi connectivity index (χ4n) is 3.47. The second-order valence-electron chi connectivity index (χ2n) is 7.39. The number of ether oxygens (including phenoxy) is 2. The van der Waals surface area contributed by atoms with Crippen LogP contribution in [0, 0.1) is 0 Å². The Labute approximate surface area is 187 Å². The van der Waals surface area contributed by atoms with Crippen molar-refractivity contribution in [2.24, 2.45) is 0 Å². The Morgan fingerprint density at radius 1 is 0.406 bits per heavy atom. The van der Waals surface area contributed by atoms with E-state index in [1.54, 1.807) is 24.3 Å². The minimum Gasteiger partial charge on any atom is -0.427 e. The van der Waals surface area contributed by atoms with E-state index in [9.17, 15) is 9.59 Å². The molecule has 0 aromatic heterocycles. The number of esters is 2. The van der Waals surface area contributed by atoms with Crippen LogP contribution in [0.4, 0.5) is 0 Å². The predicted octanol–water partition coefficient (Wildman–Crippen LogP) is 6.54. The molecule has 0 atom stereocenters. The molecule has 0 fully saturated rings. The lowest BCUT2D eigenvalue weighted by Gasteiger charge is -2.08. The highest BCUT2D eigenvalue weighted by molar-refractivity contribution is 5.75. The van der Waals surface area contributed by atoms with E-state index in [2.05, 4.69) is 48.5 Å². The van der Waals surface area contributed by atoms with Crippen LogP contribution in [0.15, 0.2) is 97.1 Å². The van der Waals surface area contributed by atoms with Crippen LogP contribution in [0.1, 0.15) is 13.8 Å². The van der Waals surface area contributed by atoms with Gasteiger partial charge >= 0.3 is 11.9 Å². The normalized spacial score (nSPS) is 10.4. The first-order valence-electron chi connectivity index (χ1n) is 10.3. The van der Waals surface area contributed by atoms with Gasteiger partial charge in [-0.1, -0.05) is 72.8 Å². The molecular formula is C28H22O4. The van der Waals surface area contributed by atoms with E-state index >= 15 is 0 Å². The summed E-state index contributed by atoms with van der Waals surface area (Å²) in [5.74, 6) is 0.428. The van der Waals surface area contributed by atoms with Crippen LogP contribution in [0.3, 0.4) is 0 Å². The molecule has 0 unspecified atom stereocenters. The maximum Gasteiger partial charge on any atom is 0.308 e. The molecule has 0 aliphatic rings. The van der Waals surface area contributed by atoms with Crippen LogP contribution in [-0.2, 0) is 9.59 Å². The zero-order valence-corrected chi connectivity index (χ0v) is 17.9. The van der Waals surface area contributed by atoms with Gasteiger partial charge in [-0.3, -0.25) is 9.59 Å². The lowest BCUT2D eigenvalue weighted by Crippen LogP contribution is -2.00. The molecule has 4 nitrogen and oxygen atoms in total. The summed E-state index contributed by atoms with van der Waals surface area (Å²) in [6.45, 7) is 2.78. The van der Waals surface area contributed by atoms with Crippen molar-refractivity contribution in [2.75, 3.05) is 0 Å². The summed E-state index contributed by atoms with van der Waals surface area (Å²) in [5.41, 5.74) is 6.55. The minimum atomic E-state index is -0.327. The van der Waals surface area contributed by atoms with Gasteiger partial charge in [0.05, 0.1) is 0 Å². The zero-order chi connectivity index (χ0) is 22.5. The van der Waals surface area contributed by atoms with Crippen molar-refractivity contribution in [1.29, 1.82) is 0 Å². The van der Waals surface area contributed by atoms with Gasteiger partial charge in [0, 0.05) is 13.8 Å². The summed E-state index contributed by atoms with van der Waals surface area (Å²) in [6.07, 6.45) is 0. The van der Waals surface area contributed by atoms with Gasteiger partial charge in [-0.05, 0) is 57.6 Å². The van der Waals surface area contributed by atoms with Crippen LogP contribution in [0.25, 0.3) is 33.4 Å². The Morgan fingerprint density at radius 2 is 0.594 bits per heavy atom. The van der Waals surface area contributed by atoms with Gasteiger partial charge in [-0.25, -0.2) is 0 Å². The van der Waals surface area contributed by atoms with Crippen molar-refractivity contribution >= 4 is 11.9 Å². The highest BCUT2D eigenvalue weighted by Crippen LogP contribution is 2.29. The molecular weight excluding hydrogens is 400 g/mol. The lowest BCUT2D eigenvalue weighted by molar-refractivity contribution is -0.132. The van der Waals surface area contributed by atoms with Crippen molar-refractivity contribution in [3.63, 3.8) is 0 Å². The highest BCUT2D eigenvalue weighted by Gasteiger charge is 2.04. The summed E-state index contributed by atoms with van der Waals surface area (Å²) in [6, 6.07) is 31.6. The van der Waals surface area contributed by atoms with Gasteiger partial charge in [0.15, 0.2) is 0 Å². The summed E-state index contributed by atoms with van der Waals surface area (Å²) in [4.78, 5) is 22.1. The van der Waals surface area contributed by atoms with Crippen LogP contribution in [-0.4, -0.2) is 11.9 Å². The number of benzene rings is 4. The van der Waals surface area contributed by atoms with E-state index in [4.69, 9.17) is 9.47 Å². The fraction of sp³-hybridized carbons (Fsp3) is 0.0714. The number of hydrogen-bond acceptors (Lipinski definition) is 4. The quantitative estimate of drug-likeness (QED) is 0.271. The maximum atomic E-state index is 11.1. The molecule has 0 spiro atoms. The minimum absolute atomic E-state index is 0.327. The van der Waals surface area contributed by atoms with E-state index in [1.807, 2.05) is 24.3 Å². The molecule has 158 valence electrons. The third-order valence-electron chi connectivity index (χ3n) is 5.00. The Balaban J connectivity index is 1.47. The average Bonchev–Trinajstić information content (AvgIpc) is 2.80. The summed E-state index contributed by atoms with van der Waals surface area (Å²) >= 11 is 0. The summed E-state index contributed by atoms with van der Waals surface area (Å²) < 4.78 is 10.2. The Morgan fingerprint density at radius 3 is 0.781 bits per heavy atom. The van der Waals surface area contributed by atoms with Gasteiger partial charge in [-0.15, -0.1) is 0 Å². The first-order valence-corrected chi connectivity index (χ1v) is 10.3. The maximum absolute atomic E-state index is 11.1. The monoisotopic (exact) mass is 422 g/mol. The van der Waals surface area contributed by atoms with Crippen molar-refractivity contribution in [2.45, 2.75) is 13.8 Å². The number of hydrogen-bond donors (Lipinski definition) is 0. The van der Waals surface area contributed by atoms with E-state index in [-0.39, 0.29) is 11.9 Å². The van der Waals surface area contributed by atoms with Crippen molar-refractivity contribution in [3.8, 4) is 44.9 Å². The third-order valence-corrected chi connectivity index (χ3v) is 5.00. The van der Waals surface area contributed by atoms with Crippen LogP contribution < -0.4 is 9.47 Å². The third kappa shape index (κ3) is 5.10. The molecule has 0 saturated carbocycles. The largest absolute Gasteiger partial charge is 0.427 e. The van der Waals surface area contributed by atoms with Crippen LogP contribution in [0.5, 0.6) is 11.5 Å². The molecule has 4 heteroatoms. The summed E-state index contributed by atoms with van der Waals surface area (Å²) in [7, 11) is 0. The molecule has 0 radical (unpaired) electrons. The predicted molar refractivity (Wildman–Crippen MR) is 125 cm³/mol. The van der Waals surface area contributed by atoms with Gasteiger partial charge in [0.1, 0.15) is 11.5 Å². The molecule has 32 heavy (non-hydrogen) atoms. The SMILES string of the molecule is CC(=O)Oc1ccc(-c2ccc(-c3ccc(-c4ccc(OC(C)=O)cc4)cc3)cc2)cc1. The second kappa shape index (κ2) is 9.31. The van der Waals surface area contributed by atoms with Crippen molar-refractivity contribution < 1.29 is 19.1 Å². The van der Waals surface area contributed by atoms with Crippen LogP contribution in [0.2, 0.25) is 0 Å². The van der Waals surface area contributed by atoms with Gasteiger partial charge in [0.2, 0.25) is 0 Å². The molecule has 0 heterocycles. The molecule has 0 aliphatic heterocycles. The van der Waals surface area contributed by atoms with E-state index in [1.165, 1.54) is 13.8 Å². The van der Waals surface area contributed by atoms with Gasteiger partial charge < -0.3 is 9.47 Å². The van der Waals surface area contributed by atoms with E-state index in [0.717, 1.165) is 33.4 Å². The Bertz CT molecular complexity index is 1120. The molecule has 0 aliphatic carbocycles. The smallest absolute Gasteiger partial charge is 0.308 e. The zero-order valence-electron chi connectivity index (χ0n) is 17.9. The topological polar surface area (TPSA) is 52.6 Å². The highest BCUT2D eigenvalue weighted by atomic mass is 16.5. The van der Waals surface area contributed by atoms with Crippen molar-refractivity contribution in [3.05, 3.63) is 97.1 Å². The first kappa shape index (κ1) is 21.1. The summed E-state index contributed by atoms with van der Waals surface area (Å²) in [5, 5.41) is 0. The average molecular weight is 422 g/mol. The molecule has 0 amide bonds. The Kier molecular flexibility index (Phi) is 6.13. The second-order valence-corrected chi connectivity index (χ2v) is 7.39. The van der Waals surface area contributed by atoms with Crippen molar-refractivity contribution in [1.82, 2.24) is 0 Å². The molecule has 4 aromatic carbocycles. The molecule has 0 bridgehead atoms. The lowest BCUT2D eigenvalue weighted by atomic mass is 9.98. The molecule has 0 saturated heterocycles. The first-order chi connectivity index (χ1) is 15.5. The van der Waals surface area contributed by atoms with Gasteiger partial charge in [-0.2, -0.15) is 0 Å². The van der Waals surface area contributed by atoms with Gasteiger partial charge in [0.25, 0.3) is 0 Å². The standard InChI is InChI=1S/C28H22O4/c1-19(29)31-27-15-11-25(12-16-27)23-7-3-21(4-8-23)22-5-9-24(10-6-22)26-13-17-28(18-14-26)32-20(2)30/h3-18H,1-2H3. The molecule has 4 aromatic rings. The van der Waals surface area contributed by atoms with E-state index in [0.29, 0.717) is 11.5 Å². The molecule has 4 rings (SSSR count). The van der Waals surface area contributed by atoms with E-state index < -0.39 is 0 Å². The Hall–Kier alpha value is -4.18. The molecule has 0 N–H and O–H groups in total. The number of carbonyl (C=O) groups is 2.